The predicted octanol–water partition coefficient (Wildman–Crippen LogP) is 4.07. The van der Waals surface area contributed by atoms with Gasteiger partial charge < -0.3 is 5.11 Å². The zero-order valence-electron chi connectivity index (χ0n) is 12.2. The average Bonchev–Trinajstić information content (AvgIpc) is 2.55. The van der Waals surface area contributed by atoms with Crippen molar-refractivity contribution in [3.05, 3.63) is 83.4 Å². The molecule has 0 unspecified atom stereocenters. The van der Waals surface area contributed by atoms with E-state index in [1.807, 2.05) is 37.3 Å². The Balaban J connectivity index is 2.24. The largest absolute Gasteiger partial charge is 0.478 e. The minimum absolute atomic E-state index is 0.0533. The van der Waals surface area contributed by atoms with Crippen molar-refractivity contribution in [2.75, 3.05) is 0 Å². The van der Waals surface area contributed by atoms with E-state index < -0.39 is 5.97 Å². The van der Waals surface area contributed by atoms with Crippen LogP contribution in [-0.4, -0.2) is 16.9 Å². The van der Waals surface area contributed by atoms with E-state index in [4.69, 9.17) is 5.11 Å². The van der Waals surface area contributed by atoms with Crippen LogP contribution >= 0.6 is 0 Å². The number of rotatable bonds is 5. The summed E-state index contributed by atoms with van der Waals surface area (Å²) in [6, 6.07) is 16.4. The lowest BCUT2D eigenvalue weighted by Gasteiger charge is -2.07. The second kappa shape index (κ2) is 7.18. The SMILES string of the molecule is CC=C(C(=O)c1ccc(C=CC(=O)O)cc1)c1ccccc1. The van der Waals surface area contributed by atoms with Crippen molar-refractivity contribution in [2.24, 2.45) is 0 Å². The van der Waals surface area contributed by atoms with E-state index in [-0.39, 0.29) is 5.78 Å². The third kappa shape index (κ3) is 3.79. The van der Waals surface area contributed by atoms with Gasteiger partial charge in [-0.05, 0) is 24.1 Å². The number of carbonyl (C=O) groups is 2. The van der Waals surface area contributed by atoms with Gasteiger partial charge in [-0.3, -0.25) is 4.79 Å². The molecule has 110 valence electrons. The lowest BCUT2D eigenvalue weighted by atomic mass is 9.96. The van der Waals surface area contributed by atoms with E-state index in [1.165, 1.54) is 6.08 Å². The normalized spacial score (nSPS) is 11.6. The van der Waals surface area contributed by atoms with E-state index in [9.17, 15) is 9.59 Å². The fourth-order valence-corrected chi connectivity index (χ4v) is 2.12. The maximum atomic E-state index is 12.6. The molecule has 1 N–H and O–H groups in total. The van der Waals surface area contributed by atoms with E-state index in [0.29, 0.717) is 11.1 Å². The van der Waals surface area contributed by atoms with E-state index >= 15 is 0 Å². The van der Waals surface area contributed by atoms with Crippen LogP contribution in [0.2, 0.25) is 0 Å². The third-order valence-electron chi connectivity index (χ3n) is 3.21. The minimum Gasteiger partial charge on any atom is -0.478 e. The fourth-order valence-electron chi connectivity index (χ4n) is 2.12. The summed E-state index contributed by atoms with van der Waals surface area (Å²) in [5.41, 5.74) is 2.84. The van der Waals surface area contributed by atoms with Gasteiger partial charge in [-0.2, -0.15) is 0 Å². The maximum Gasteiger partial charge on any atom is 0.328 e. The number of carboxylic acid groups (broad SMARTS) is 1. The number of carboxylic acids is 1. The highest BCUT2D eigenvalue weighted by Crippen LogP contribution is 2.20. The molecule has 3 heteroatoms. The Kier molecular flexibility index (Phi) is 5.04. The Labute approximate surface area is 129 Å². The van der Waals surface area contributed by atoms with Gasteiger partial charge in [0.05, 0.1) is 0 Å². The first-order chi connectivity index (χ1) is 10.6. The van der Waals surface area contributed by atoms with E-state index in [2.05, 4.69) is 0 Å². The van der Waals surface area contributed by atoms with Crippen LogP contribution in [0.25, 0.3) is 11.6 Å². The molecule has 0 aliphatic heterocycles. The summed E-state index contributed by atoms with van der Waals surface area (Å²) >= 11 is 0. The molecule has 0 saturated carbocycles. The van der Waals surface area contributed by atoms with E-state index in [1.54, 1.807) is 30.3 Å². The standard InChI is InChI=1S/C19H16O3/c1-2-17(15-6-4-3-5-7-15)19(22)16-11-8-14(9-12-16)10-13-18(20)21/h2-13H,1H3,(H,20,21). The van der Waals surface area contributed by atoms with Gasteiger partial charge in [0, 0.05) is 17.2 Å². The topological polar surface area (TPSA) is 54.4 Å². The molecule has 2 aromatic rings. The molecule has 0 saturated heterocycles. The smallest absolute Gasteiger partial charge is 0.328 e. The van der Waals surface area contributed by atoms with Crippen LogP contribution in [0.5, 0.6) is 0 Å². The van der Waals surface area contributed by atoms with Crippen LogP contribution in [0.3, 0.4) is 0 Å². The highest BCUT2D eigenvalue weighted by Gasteiger charge is 2.12. The number of carbonyl (C=O) groups excluding carboxylic acids is 1. The molecule has 3 nitrogen and oxygen atoms in total. The number of hydrogen-bond acceptors (Lipinski definition) is 2. The summed E-state index contributed by atoms with van der Waals surface area (Å²) in [5.74, 6) is -1.05. The summed E-state index contributed by atoms with van der Waals surface area (Å²) in [6.07, 6.45) is 4.36. The van der Waals surface area contributed by atoms with Gasteiger partial charge in [0.25, 0.3) is 0 Å². The van der Waals surface area contributed by atoms with Crippen molar-refractivity contribution >= 4 is 23.4 Å². The van der Waals surface area contributed by atoms with Crippen LogP contribution < -0.4 is 0 Å². The van der Waals surface area contributed by atoms with Crippen LogP contribution in [0.4, 0.5) is 0 Å². The molecular formula is C19H16O3. The first-order valence-electron chi connectivity index (χ1n) is 6.89. The molecule has 0 heterocycles. The molecule has 0 amide bonds. The Morgan fingerprint density at radius 2 is 1.55 bits per heavy atom. The van der Waals surface area contributed by atoms with Crippen molar-refractivity contribution < 1.29 is 14.7 Å². The summed E-state index contributed by atoms with van der Waals surface area (Å²) in [7, 11) is 0. The molecular weight excluding hydrogens is 276 g/mol. The lowest BCUT2D eigenvalue weighted by molar-refractivity contribution is -0.131. The van der Waals surface area contributed by atoms with Crippen LogP contribution in [0.1, 0.15) is 28.4 Å². The van der Waals surface area contributed by atoms with Crippen molar-refractivity contribution in [2.45, 2.75) is 6.92 Å². The Morgan fingerprint density at radius 3 is 2.09 bits per heavy atom. The molecule has 0 aromatic heterocycles. The first-order valence-corrected chi connectivity index (χ1v) is 6.89. The summed E-state index contributed by atoms with van der Waals surface area (Å²) in [6.45, 7) is 1.84. The first kappa shape index (κ1) is 15.4. The van der Waals surface area contributed by atoms with Gasteiger partial charge in [-0.25, -0.2) is 4.79 Å². The zero-order valence-corrected chi connectivity index (χ0v) is 12.2. The fraction of sp³-hybridized carbons (Fsp3) is 0.0526. The summed E-state index contributed by atoms with van der Waals surface area (Å²) < 4.78 is 0. The second-order valence-corrected chi connectivity index (χ2v) is 4.69. The number of hydrogen-bond donors (Lipinski definition) is 1. The molecule has 0 aliphatic rings. The highest BCUT2D eigenvalue weighted by molar-refractivity contribution is 6.28. The zero-order chi connectivity index (χ0) is 15.9. The molecule has 0 fully saturated rings. The highest BCUT2D eigenvalue weighted by atomic mass is 16.4. The predicted molar refractivity (Wildman–Crippen MR) is 87.5 cm³/mol. The number of Topliss-reactive ketones (excluding diaryl/α,β-unsaturated/α-hetero) is 1. The van der Waals surface area contributed by atoms with Gasteiger partial charge in [-0.1, -0.05) is 60.7 Å². The number of aliphatic carboxylic acids is 1. The quantitative estimate of drug-likeness (QED) is 0.667. The van der Waals surface area contributed by atoms with Crippen molar-refractivity contribution in [3.8, 4) is 0 Å². The summed E-state index contributed by atoms with van der Waals surface area (Å²) in [4.78, 5) is 23.1. The van der Waals surface area contributed by atoms with Crippen LogP contribution in [0.15, 0.2) is 66.7 Å². The number of ketones is 1. The molecule has 2 aromatic carbocycles. The molecule has 0 bridgehead atoms. The molecule has 0 spiro atoms. The van der Waals surface area contributed by atoms with Crippen molar-refractivity contribution in [3.63, 3.8) is 0 Å². The third-order valence-corrected chi connectivity index (χ3v) is 3.21. The second-order valence-electron chi connectivity index (χ2n) is 4.69. The number of allylic oxidation sites excluding steroid dienone is 2. The molecule has 0 radical (unpaired) electrons. The van der Waals surface area contributed by atoms with Gasteiger partial charge in [-0.15, -0.1) is 0 Å². The van der Waals surface area contributed by atoms with Crippen LogP contribution in [-0.2, 0) is 4.79 Å². The summed E-state index contributed by atoms with van der Waals surface area (Å²) in [5, 5.41) is 8.60. The van der Waals surface area contributed by atoms with Gasteiger partial charge >= 0.3 is 5.97 Å². The maximum absolute atomic E-state index is 12.6. The Hall–Kier alpha value is -2.94. The monoisotopic (exact) mass is 292 g/mol. The Bertz CT molecular complexity index is 723. The molecule has 0 atom stereocenters. The van der Waals surface area contributed by atoms with Crippen LogP contribution in [0, 0.1) is 0 Å². The van der Waals surface area contributed by atoms with E-state index in [0.717, 1.165) is 17.2 Å². The van der Waals surface area contributed by atoms with Crippen molar-refractivity contribution in [1.82, 2.24) is 0 Å². The number of benzene rings is 2. The van der Waals surface area contributed by atoms with Gasteiger partial charge in [0.15, 0.2) is 5.78 Å². The van der Waals surface area contributed by atoms with Crippen molar-refractivity contribution in [1.29, 1.82) is 0 Å². The molecule has 2 rings (SSSR count). The van der Waals surface area contributed by atoms with Gasteiger partial charge in [0.1, 0.15) is 0 Å². The Morgan fingerprint density at radius 1 is 0.909 bits per heavy atom. The van der Waals surface area contributed by atoms with Gasteiger partial charge in [0.2, 0.25) is 0 Å². The average molecular weight is 292 g/mol. The lowest BCUT2D eigenvalue weighted by Crippen LogP contribution is -2.02. The minimum atomic E-state index is -1.000. The molecule has 22 heavy (non-hydrogen) atoms. The molecule has 0 aliphatic carbocycles.